The molecule has 1 atom stereocenters. The van der Waals surface area contributed by atoms with Gasteiger partial charge in [0.05, 0.1) is 11.7 Å². The predicted octanol–water partition coefficient (Wildman–Crippen LogP) is 3.23. The van der Waals surface area contributed by atoms with Crippen molar-refractivity contribution in [1.82, 2.24) is 10.3 Å². The van der Waals surface area contributed by atoms with E-state index in [0.29, 0.717) is 6.54 Å². The molecule has 0 spiro atoms. The fraction of sp³-hybridized carbons (Fsp3) is 0.312. The van der Waals surface area contributed by atoms with E-state index in [1.807, 2.05) is 19.1 Å². The molecular weight excluding hydrogens is 293 g/mol. The summed E-state index contributed by atoms with van der Waals surface area (Å²) in [5.41, 5.74) is 1.35. The van der Waals surface area contributed by atoms with Crippen LogP contribution < -0.4 is 5.32 Å². The van der Waals surface area contributed by atoms with Crippen molar-refractivity contribution < 1.29 is 18.3 Å². The first-order valence-electron chi connectivity index (χ1n) is 6.84. The van der Waals surface area contributed by atoms with Crippen LogP contribution in [0, 0.1) is 6.92 Å². The molecule has 1 heterocycles. The van der Waals surface area contributed by atoms with Crippen molar-refractivity contribution in [1.29, 1.82) is 0 Å². The summed E-state index contributed by atoms with van der Waals surface area (Å²) in [6.07, 6.45) is -3.72. The Kier molecular flexibility index (Phi) is 5.15. The van der Waals surface area contributed by atoms with Crippen molar-refractivity contribution in [3.05, 3.63) is 65.0 Å². The van der Waals surface area contributed by atoms with Gasteiger partial charge >= 0.3 is 6.18 Å². The lowest BCUT2D eigenvalue weighted by molar-refractivity contribution is -0.137. The van der Waals surface area contributed by atoms with Crippen molar-refractivity contribution in [2.75, 3.05) is 6.54 Å². The zero-order valence-corrected chi connectivity index (χ0v) is 12.1. The molecule has 2 aromatic rings. The monoisotopic (exact) mass is 310 g/mol. The number of pyridine rings is 1. The number of nitrogens with one attached hydrogen (secondary N) is 1. The Morgan fingerprint density at radius 1 is 1.23 bits per heavy atom. The van der Waals surface area contributed by atoms with Gasteiger partial charge in [-0.3, -0.25) is 4.98 Å². The minimum absolute atomic E-state index is 0.162. The van der Waals surface area contributed by atoms with E-state index in [2.05, 4.69) is 10.3 Å². The van der Waals surface area contributed by atoms with Gasteiger partial charge in [0.25, 0.3) is 0 Å². The molecule has 0 aliphatic heterocycles. The zero-order valence-electron chi connectivity index (χ0n) is 12.1. The van der Waals surface area contributed by atoms with Gasteiger partial charge in [0.1, 0.15) is 0 Å². The van der Waals surface area contributed by atoms with E-state index >= 15 is 0 Å². The Bertz CT molecular complexity index is 629. The molecule has 1 unspecified atom stereocenters. The molecule has 0 saturated carbocycles. The van der Waals surface area contributed by atoms with Gasteiger partial charge in [-0.2, -0.15) is 13.2 Å². The van der Waals surface area contributed by atoms with Crippen LogP contribution in [0.3, 0.4) is 0 Å². The number of aryl methyl sites for hydroxylation is 1. The fourth-order valence-electron chi connectivity index (χ4n) is 2.09. The Labute approximate surface area is 126 Å². The second kappa shape index (κ2) is 6.89. The molecule has 1 aromatic heterocycles. The SMILES string of the molecule is Cc1ncccc1CNCC(O)c1cccc(C(F)(F)F)c1. The van der Waals surface area contributed by atoms with E-state index in [4.69, 9.17) is 0 Å². The summed E-state index contributed by atoms with van der Waals surface area (Å²) in [5.74, 6) is 0. The van der Waals surface area contributed by atoms with Crippen molar-refractivity contribution in [2.24, 2.45) is 0 Å². The zero-order chi connectivity index (χ0) is 16.2. The highest BCUT2D eigenvalue weighted by Crippen LogP contribution is 2.30. The fourth-order valence-corrected chi connectivity index (χ4v) is 2.09. The first kappa shape index (κ1) is 16.5. The molecule has 2 rings (SSSR count). The Morgan fingerprint density at radius 3 is 2.68 bits per heavy atom. The summed E-state index contributed by atoms with van der Waals surface area (Å²) in [6.45, 7) is 2.53. The van der Waals surface area contributed by atoms with Gasteiger partial charge in [0.15, 0.2) is 0 Å². The first-order valence-corrected chi connectivity index (χ1v) is 6.84. The number of alkyl halides is 3. The summed E-state index contributed by atoms with van der Waals surface area (Å²) >= 11 is 0. The highest BCUT2D eigenvalue weighted by molar-refractivity contribution is 5.27. The molecule has 0 fully saturated rings. The van der Waals surface area contributed by atoms with E-state index in [-0.39, 0.29) is 12.1 Å². The minimum Gasteiger partial charge on any atom is -0.387 e. The normalized spacial score (nSPS) is 13.1. The quantitative estimate of drug-likeness (QED) is 0.891. The molecule has 6 heteroatoms. The smallest absolute Gasteiger partial charge is 0.387 e. The summed E-state index contributed by atoms with van der Waals surface area (Å²) in [5, 5.41) is 13.0. The number of rotatable bonds is 5. The Morgan fingerprint density at radius 2 is 2.00 bits per heavy atom. The topological polar surface area (TPSA) is 45.2 Å². The maximum absolute atomic E-state index is 12.6. The van der Waals surface area contributed by atoms with Crippen LogP contribution in [0.4, 0.5) is 13.2 Å². The maximum Gasteiger partial charge on any atom is 0.416 e. The third-order valence-corrected chi connectivity index (χ3v) is 3.37. The average Bonchev–Trinajstić information content (AvgIpc) is 2.48. The molecule has 0 bridgehead atoms. The third-order valence-electron chi connectivity index (χ3n) is 3.37. The van der Waals surface area contributed by atoms with E-state index < -0.39 is 17.8 Å². The van der Waals surface area contributed by atoms with Crippen molar-refractivity contribution in [3.63, 3.8) is 0 Å². The standard InChI is InChI=1S/C16H17F3N2O/c1-11-13(5-3-7-21-11)9-20-10-15(22)12-4-2-6-14(8-12)16(17,18)19/h2-8,15,20,22H,9-10H2,1H3. The number of aliphatic hydroxyl groups is 1. The summed E-state index contributed by atoms with van der Waals surface area (Å²) in [6, 6.07) is 8.47. The molecule has 22 heavy (non-hydrogen) atoms. The van der Waals surface area contributed by atoms with Gasteiger partial charge in [0, 0.05) is 25.0 Å². The third kappa shape index (κ3) is 4.29. The van der Waals surface area contributed by atoms with Crippen LogP contribution in [0.1, 0.15) is 28.5 Å². The molecule has 0 radical (unpaired) electrons. The van der Waals surface area contributed by atoms with Crippen LogP contribution in [-0.2, 0) is 12.7 Å². The lowest BCUT2D eigenvalue weighted by atomic mass is 10.1. The van der Waals surface area contributed by atoms with Crippen molar-refractivity contribution in [2.45, 2.75) is 25.7 Å². The molecule has 0 aliphatic rings. The van der Waals surface area contributed by atoms with Crippen LogP contribution in [0.15, 0.2) is 42.6 Å². The summed E-state index contributed by atoms with van der Waals surface area (Å²) < 4.78 is 37.9. The molecular formula is C16H17F3N2O. The number of nitrogens with zero attached hydrogens (tertiary/aromatic N) is 1. The van der Waals surface area contributed by atoms with Crippen molar-refractivity contribution >= 4 is 0 Å². The largest absolute Gasteiger partial charge is 0.416 e. The molecule has 0 amide bonds. The molecule has 2 N–H and O–H groups in total. The number of hydrogen-bond donors (Lipinski definition) is 2. The van der Waals surface area contributed by atoms with Crippen molar-refractivity contribution in [3.8, 4) is 0 Å². The number of aliphatic hydroxyl groups excluding tert-OH is 1. The molecule has 118 valence electrons. The van der Waals surface area contributed by atoms with Crippen LogP contribution >= 0.6 is 0 Å². The van der Waals surface area contributed by atoms with Gasteiger partial charge in [-0.15, -0.1) is 0 Å². The Hall–Kier alpha value is -1.92. The van der Waals surface area contributed by atoms with E-state index in [1.54, 1.807) is 6.20 Å². The molecule has 0 aliphatic carbocycles. The van der Waals surface area contributed by atoms with E-state index in [1.165, 1.54) is 12.1 Å². The summed E-state index contributed by atoms with van der Waals surface area (Å²) in [7, 11) is 0. The number of hydrogen-bond acceptors (Lipinski definition) is 3. The molecule has 1 aromatic carbocycles. The van der Waals surface area contributed by atoms with Gasteiger partial charge < -0.3 is 10.4 Å². The van der Waals surface area contributed by atoms with Crippen LogP contribution in [0.5, 0.6) is 0 Å². The van der Waals surface area contributed by atoms with Crippen LogP contribution in [0.25, 0.3) is 0 Å². The van der Waals surface area contributed by atoms with E-state index in [9.17, 15) is 18.3 Å². The Balaban J connectivity index is 1.95. The molecule has 0 saturated heterocycles. The number of halogens is 3. The highest BCUT2D eigenvalue weighted by atomic mass is 19.4. The second-order valence-corrected chi connectivity index (χ2v) is 5.02. The van der Waals surface area contributed by atoms with Gasteiger partial charge in [-0.25, -0.2) is 0 Å². The lowest BCUT2D eigenvalue weighted by Gasteiger charge is -2.15. The first-order chi connectivity index (χ1) is 10.4. The average molecular weight is 310 g/mol. The number of benzene rings is 1. The second-order valence-electron chi connectivity index (χ2n) is 5.02. The van der Waals surface area contributed by atoms with E-state index in [0.717, 1.165) is 23.4 Å². The van der Waals surface area contributed by atoms with Crippen LogP contribution in [-0.4, -0.2) is 16.6 Å². The summed E-state index contributed by atoms with van der Waals surface area (Å²) in [4.78, 5) is 4.15. The van der Waals surface area contributed by atoms with Gasteiger partial charge in [-0.1, -0.05) is 18.2 Å². The number of aromatic nitrogens is 1. The van der Waals surface area contributed by atoms with Gasteiger partial charge in [-0.05, 0) is 36.2 Å². The van der Waals surface area contributed by atoms with Gasteiger partial charge in [0.2, 0.25) is 0 Å². The molecule has 3 nitrogen and oxygen atoms in total. The highest BCUT2D eigenvalue weighted by Gasteiger charge is 2.30. The van der Waals surface area contributed by atoms with Crippen LogP contribution in [0.2, 0.25) is 0 Å². The minimum atomic E-state index is -4.41. The maximum atomic E-state index is 12.6. The lowest BCUT2D eigenvalue weighted by Crippen LogP contribution is -2.22. The predicted molar refractivity (Wildman–Crippen MR) is 77.1 cm³/mol.